The van der Waals surface area contributed by atoms with Crippen molar-refractivity contribution in [1.29, 1.82) is 0 Å². The van der Waals surface area contributed by atoms with Gasteiger partial charge < -0.3 is 5.32 Å². The maximum Gasteiger partial charge on any atom is 0.419 e. The Hall–Kier alpha value is -1.10. The van der Waals surface area contributed by atoms with Crippen molar-refractivity contribution in [3.8, 4) is 0 Å². The molecule has 1 aromatic rings. The molecule has 0 bridgehead atoms. The van der Waals surface area contributed by atoms with Gasteiger partial charge in [-0.2, -0.15) is 13.2 Å². The summed E-state index contributed by atoms with van der Waals surface area (Å²) in [6.45, 7) is 0.827. The fraction of sp³-hybridized carbons (Fsp3) is 0.538. The maximum atomic E-state index is 13.5. The number of nitrogens with one attached hydrogen (secondary N) is 1. The highest BCUT2D eigenvalue weighted by Gasteiger charge is 2.34. The first-order valence-electron chi connectivity index (χ1n) is 6.08. The molecule has 2 rings (SSSR count). The molecular formula is C13H15F4N. The molecule has 0 aliphatic carbocycles. The zero-order chi connectivity index (χ0) is 13.2. The summed E-state index contributed by atoms with van der Waals surface area (Å²) in [5.41, 5.74) is -0.595. The summed E-state index contributed by atoms with van der Waals surface area (Å²) in [5.74, 6) is -1.19. The van der Waals surface area contributed by atoms with Crippen molar-refractivity contribution < 1.29 is 17.6 Å². The third-order valence-electron chi connectivity index (χ3n) is 3.26. The molecule has 1 nitrogen and oxygen atoms in total. The van der Waals surface area contributed by atoms with E-state index in [0.717, 1.165) is 44.4 Å². The number of halogens is 4. The first-order chi connectivity index (χ1) is 8.48. The summed E-state index contributed by atoms with van der Waals surface area (Å²) in [5, 5.41) is 3.24. The van der Waals surface area contributed by atoms with Gasteiger partial charge in [-0.05, 0) is 37.1 Å². The zero-order valence-electron chi connectivity index (χ0n) is 9.86. The van der Waals surface area contributed by atoms with Gasteiger partial charge in [0.05, 0.1) is 5.56 Å². The summed E-state index contributed by atoms with van der Waals surface area (Å²) in [4.78, 5) is 0. The highest BCUT2D eigenvalue weighted by molar-refractivity contribution is 5.28. The second-order valence-corrected chi connectivity index (χ2v) is 4.59. The topological polar surface area (TPSA) is 12.0 Å². The SMILES string of the molecule is Fc1cc(C2CCCCCN2)ccc1C(F)(F)F. The largest absolute Gasteiger partial charge is 0.419 e. The molecule has 1 fully saturated rings. The Morgan fingerprint density at radius 1 is 1.11 bits per heavy atom. The first-order valence-corrected chi connectivity index (χ1v) is 6.08. The molecule has 1 atom stereocenters. The van der Waals surface area contributed by atoms with Crippen molar-refractivity contribution in [3.05, 3.63) is 35.1 Å². The van der Waals surface area contributed by atoms with Crippen LogP contribution >= 0.6 is 0 Å². The Labute approximate surface area is 103 Å². The van der Waals surface area contributed by atoms with Gasteiger partial charge in [0.2, 0.25) is 0 Å². The van der Waals surface area contributed by atoms with Gasteiger partial charge >= 0.3 is 6.18 Å². The molecule has 1 N–H and O–H groups in total. The molecule has 1 aliphatic heterocycles. The number of hydrogen-bond donors (Lipinski definition) is 1. The number of hydrogen-bond acceptors (Lipinski definition) is 1. The van der Waals surface area contributed by atoms with Crippen LogP contribution in [0.25, 0.3) is 0 Å². The minimum absolute atomic E-state index is 0.0377. The Morgan fingerprint density at radius 3 is 2.56 bits per heavy atom. The fourth-order valence-electron chi connectivity index (χ4n) is 2.29. The number of rotatable bonds is 1. The smallest absolute Gasteiger partial charge is 0.310 e. The van der Waals surface area contributed by atoms with Crippen LogP contribution in [0, 0.1) is 5.82 Å². The lowest BCUT2D eigenvalue weighted by molar-refractivity contribution is -0.140. The molecule has 0 aromatic heterocycles. The summed E-state index contributed by atoms with van der Waals surface area (Å²) in [6.07, 6.45) is -0.614. The van der Waals surface area contributed by atoms with Crippen molar-refractivity contribution in [2.75, 3.05) is 6.54 Å². The Kier molecular flexibility index (Phi) is 3.90. The van der Waals surface area contributed by atoms with E-state index in [1.54, 1.807) is 0 Å². The van der Waals surface area contributed by atoms with Crippen molar-refractivity contribution in [1.82, 2.24) is 5.32 Å². The van der Waals surface area contributed by atoms with Crippen LogP contribution in [0.5, 0.6) is 0 Å². The lowest BCUT2D eigenvalue weighted by Crippen LogP contribution is -2.20. The maximum absolute atomic E-state index is 13.5. The molecule has 5 heteroatoms. The molecule has 0 saturated carbocycles. The molecular weight excluding hydrogens is 246 g/mol. The zero-order valence-corrected chi connectivity index (χ0v) is 9.86. The second-order valence-electron chi connectivity index (χ2n) is 4.59. The van der Waals surface area contributed by atoms with Gasteiger partial charge in [-0.1, -0.05) is 18.9 Å². The molecule has 100 valence electrons. The van der Waals surface area contributed by atoms with Crippen LogP contribution in [0.1, 0.15) is 42.9 Å². The van der Waals surface area contributed by atoms with Crippen LogP contribution in [-0.4, -0.2) is 6.54 Å². The third kappa shape index (κ3) is 3.02. The molecule has 18 heavy (non-hydrogen) atoms. The van der Waals surface area contributed by atoms with Crippen LogP contribution in [0.15, 0.2) is 18.2 Å². The van der Waals surface area contributed by atoms with E-state index in [9.17, 15) is 17.6 Å². The standard InChI is InChI=1S/C13H15F4N/c14-11-8-9(5-6-10(11)13(15,16)17)12-4-2-1-3-7-18-12/h5-6,8,12,18H,1-4,7H2. The summed E-state index contributed by atoms with van der Waals surface area (Å²) in [6, 6.07) is 3.17. The Bertz CT molecular complexity index is 406. The number of alkyl halides is 3. The van der Waals surface area contributed by atoms with E-state index in [4.69, 9.17) is 0 Å². The van der Waals surface area contributed by atoms with E-state index in [-0.39, 0.29) is 6.04 Å². The van der Waals surface area contributed by atoms with Gasteiger partial charge in [0, 0.05) is 6.04 Å². The van der Waals surface area contributed by atoms with Crippen molar-refractivity contribution in [3.63, 3.8) is 0 Å². The fourth-order valence-corrected chi connectivity index (χ4v) is 2.29. The van der Waals surface area contributed by atoms with Crippen LogP contribution in [0.3, 0.4) is 0 Å². The van der Waals surface area contributed by atoms with E-state index in [2.05, 4.69) is 5.32 Å². The summed E-state index contributed by atoms with van der Waals surface area (Å²) < 4.78 is 50.8. The first kappa shape index (κ1) is 13.3. The Balaban J connectivity index is 2.22. The average molecular weight is 261 g/mol. The van der Waals surface area contributed by atoms with Crippen LogP contribution in [0.4, 0.5) is 17.6 Å². The van der Waals surface area contributed by atoms with E-state index in [1.807, 2.05) is 0 Å². The van der Waals surface area contributed by atoms with Gasteiger partial charge in [-0.3, -0.25) is 0 Å². The van der Waals surface area contributed by atoms with Crippen LogP contribution in [0.2, 0.25) is 0 Å². The molecule has 1 aliphatic rings. The van der Waals surface area contributed by atoms with Gasteiger partial charge in [0.1, 0.15) is 5.82 Å². The summed E-state index contributed by atoms with van der Waals surface area (Å²) in [7, 11) is 0. The second kappa shape index (κ2) is 5.26. The minimum Gasteiger partial charge on any atom is -0.310 e. The van der Waals surface area contributed by atoms with Crippen LogP contribution < -0.4 is 5.32 Å². The van der Waals surface area contributed by atoms with Gasteiger partial charge in [-0.25, -0.2) is 4.39 Å². The highest BCUT2D eigenvalue weighted by atomic mass is 19.4. The molecule has 0 spiro atoms. The van der Waals surface area contributed by atoms with Gasteiger partial charge in [-0.15, -0.1) is 0 Å². The van der Waals surface area contributed by atoms with Crippen LogP contribution in [-0.2, 0) is 6.18 Å². The predicted octanol–water partition coefficient (Wildman–Crippen LogP) is 4.05. The van der Waals surface area contributed by atoms with Crippen molar-refractivity contribution >= 4 is 0 Å². The number of benzene rings is 1. The molecule has 1 heterocycles. The van der Waals surface area contributed by atoms with E-state index in [0.29, 0.717) is 5.56 Å². The lowest BCUT2D eigenvalue weighted by atomic mass is 10.0. The molecule has 1 unspecified atom stereocenters. The summed E-state index contributed by atoms with van der Waals surface area (Å²) >= 11 is 0. The highest BCUT2D eigenvalue weighted by Crippen LogP contribution is 2.33. The molecule has 1 saturated heterocycles. The normalized spacial score (nSPS) is 21.7. The molecule has 0 radical (unpaired) electrons. The monoisotopic (exact) mass is 261 g/mol. The van der Waals surface area contributed by atoms with E-state index >= 15 is 0 Å². The lowest BCUT2D eigenvalue weighted by Gasteiger charge is -2.17. The van der Waals surface area contributed by atoms with Crippen molar-refractivity contribution in [2.45, 2.75) is 37.9 Å². The molecule has 1 aromatic carbocycles. The third-order valence-corrected chi connectivity index (χ3v) is 3.26. The quantitative estimate of drug-likeness (QED) is 0.752. The van der Waals surface area contributed by atoms with Gasteiger partial charge in [0.25, 0.3) is 0 Å². The van der Waals surface area contributed by atoms with Crippen molar-refractivity contribution in [2.24, 2.45) is 0 Å². The average Bonchev–Trinajstić information content (AvgIpc) is 2.55. The minimum atomic E-state index is -4.63. The molecule has 0 amide bonds. The Morgan fingerprint density at radius 2 is 1.89 bits per heavy atom. The van der Waals surface area contributed by atoms with E-state index < -0.39 is 17.6 Å². The predicted molar refractivity (Wildman–Crippen MR) is 60.6 cm³/mol. The van der Waals surface area contributed by atoms with Gasteiger partial charge in [0.15, 0.2) is 0 Å². The van der Waals surface area contributed by atoms with E-state index in [1.165, 1.54) is 6.07 Å².